The molecular weight excluding hydrogens is 626 g/mol. The van der Waals surface area contributed by atoms with Gasteiger partial charge in [0.1, 0.15) is 6.04 Å². The number of carbonyl (C=O) groups excluding carboxylic acids is 2. The Hall–Kier alpha value is -3.17. The highest BCUT2D eigenvalue weighted by Gasteiger charge is 2.32. The first-order valence-electron chi connectivity index (χ1n) is 14.9. The lowest BCUT2D eigenvalue weighted by Gasteiger charge is -2.33. The molecule has 0 radical (unpaired) electrons. The van der Waals surface area contributed by atoms with E-state index in [-0.39, 0.29) is 37.4 Å². The van der Waals surface area contributed by atoms with Crippen LogP contribution in [-0.2, 0) is 32.6 Å². The number of nitrogens with one attached hydrogen (secondary N) is 1. The second-order valence-corrected chi connectivity index (χ2v) is 14.3. The molecule has 1 aliphatic carbocycles. The molecule has 0 saturated heterocycles. The zero-order chi connectivity index (χ0) is 31.0. The molecule has 0 aromatic heterocycles. The second-order valence-electron chi connectivity index (χ2n) is 11.5. The average molecular weight is 669 g/mol. The van der Waals surface area contributed by atoms with Crippen LogP contribution < -0.4 is 9.62 Å². The Labute approximate surface area is 264 Å². The molecule has 0 bridgehead atoms. The third-order valence-electron chi connectivity index (χ3n) is 8.24. The predicted molar refractivity (Wildman–Crippen MR) is 176 cm³/mol. The summed E-state index contributed by atoms with van der Waals surface area (Å²) in [5.74, 6) is -0.325. The quantitative estimate of drug-likeness (QED) is 0.231. The summed E-state index contributed by atoms with van der Waals surface area (Å²) in [6.07, 6.45) is 6.08. The monoisotopic (exact) mass is 667 g/mol. The van der Waals surface area contributed by atoms with Crippen molar-refractivity contribution in [3.8, 4) is 0 Å². The van der Waals surface area contributed by atoms with Gasteiger partial charge in [-0.3, -0.25) is 13.9 Å². The molecule has 3 aromatic carbocycles. The summed E-state index contributed by atoms with van der Waals surface area (Å²) >= 11 is 3.48. The molecule has 1 aliphatic rings. The molecule has 9 heteroatoms. The minimum absolute atomic E-state index is 0.107. The van der Waals surface area contributed by atoms with Gasteiger partial charge in [-0.15, -0.1) is 0 Å². The van der Waals surface area contributed by atoms with E-state index in [2.05, 4.69) is 21.2 Å². The lowest BCUT2D eigenvalue weighted by atomic mass is 10.0. The zero-order valence-corrected chi connectivity index (χ0v) is 27.7. The smallest absolute Gasteiger partial charge is 0.243 e. The molecule has 1 N–H and O–H groups in total. The highest BCUT2D eigenvalue weighted by atomic mass is 79.9. The summed E-state index contributed by atoms with van der Waals surface area (Å²) in [6, 6.07) is 22.5. The highest BCUT2D eigenvalue weighted by molar-refractivity contribution is 9.10. The number of sulfonamides is 1. The van der Waals surface area contributed by atoms with Gasteiger partial charge in [0.2, 0.25) is 21.8 Å². The van der Waals surface area contributed by atoms with E-state index in [9.17, 15) is 18.0 Å². The van der Waals surface area contributed by atoms with Crippen LogP contribution in [0.1, 0.15) is 60.8 Å². The highest BCUT2D eigenvalue weighted by Crippen LogP contribution is 2.26. The van der Waals surface area contributed by atoms with Crippen molar-refractivity contribution in [1.29, 1.82) is 0 Å². The summed E-state index contributed by atoms with van der Waals surface area (Å²) in [6.45, 7) is 4.30. The van der Waals surface area contributed by atoms with E-state index >= 15 is 0 Å². The van der Waals surface area contributed by atoms with E-state index in [4.69, 9.17) is 0 Å². The van der Waals surface area contributed by atoms with Gasteiger partial charge in [-0.2, -0.15) is 0 Å². The van der Waals surface area contributed by atoms with Crippen LogP contribution in [0.4, 0.5) is 5.69 Å². The fourth-order valence-corrected chi connectivity index (χ4v) is 6.98. The van der Waals surface area contributed by atoms with Crippen LogP contribution >= 0.6 is 15.9 Å². The molecule has 43 heavy (non-hydrogen) atoms. The van der Waals surface area contributed by atoms with Crippen molar-refractivity contribution in [3.05, 3.63) is 99.5 Å². The molecule has 3 aromatic rings. The fraction of sp³-hybridized carbons (Fsp3) is 0.412. The van der Waals surface area contributed by atoms with Gasteiger partial charge in [0, 0.05) is 36.4 Å². The molecule has 230 valence electrons. The standard InChI is InChI=1S/C34H42BrN3O4S/c1-25-11-9-16-31(26(25)2)38(43(3,41)42)22-10-17-33(39)37(24-28-18-20-29(35)21-19-28)32(23-27-12-5-4-6-13-27)34(40)36-30-14-7-8-15-30/h4-6,9,11-13,16,18-21,30,32H,7-8,10,14-15,17,22-24H2,1-3H3,(H,36,40). The van der Waals surface area contributed by atoms with Gasteiger partial charge in [0.25, 0.3) is 0 Å². The van der Waals surface area contributed by atoms with Gasteiger partial charge in [0.15, 0.2) is 0 Å². The minimum atomic E-state index is -3.57. The first-order valence-corrected chi connectivity index (χ1v) is 17.6. The maximum atomic E-state index is 14.0. The van der Waals surface area contributed by atoms with E-state index in [1.54, 1.807) is 11.0 Å². The number of anilines is 1. The van der Waals surface area contributed by atoms with Crippen molar-refractivity contribution in [2.24, 2.45) is 0 Å². The number of nitrogens with zero attached hydrogens (tertiary/aromatic N) is 2. The van der Waals surface area contributed by atoms with Crippen LogP contribution in [0.5, 0.6) is 0 Å². The van der Waals surface area contributed by atoms with Crippen LogP contribution in [0, 0.1) is 13.8 Å². The van der Waals surface area contributed by atoms with Crippen LogP contribution in [0.25, 0.3) is 0 Å². The summed E-state index contributed by atoms with van der Waals surface area (Å²) in [4.78, 5) is 29.6. The maximum Gasteiger partial charge on any atom is 0.243 e. The van der Waals surface area contributed by atoms with E-state index in [0.29, 0.717) is 18.5 Å². The van der Waals surface area contributed by atoms with Crippen molar-refractivity contribution >= 4 is 43.5 Å². The molecule has 0 heterocycles. The number of carbonyl (C=O) groups is 2. The van der Waals surface area contributed by atoms with E-state index < -0.39 is 16.1 Å². The van der Waals surface area contributed by atoms with Gasteiger partial charge in [0.05, 0.1) is 11.9 Å². The number of hydrogen-bond donors (Lipinski definition) is 1. The van der Waals surface area contributed by atoms with Gasteiger partial charge < -0.3 is 10.2 Å². The lowest BCUT2D eigenvalue weighted by molar-refractivity contribution is -0.141. The Morgan fingerprint density at radius 2 is 1.60 bits per heavy atom. The van der Waals surface area contributed by atoms with Crippen LogP contribution in [0.3, 0.4) is 0 Å². The molecule has 4 rings (SSSR count). The van der Waals surface area contributed by atoms with Gasteiger partial charge in [-0.1, -0.05) is 83.4 Å². The number of halogens is 1. The van der Waals surface area contributed by atoms with Crippen molar-refractivity contribution in [2.45, 2.75) is 77.4 Å². The zero-order valence-electron chi connectivity index (χ0n) is 25.3. The van der Waals surface area contributed by atoms with Crippen molar-refractivity contribution in [1.82, 2.24) is 10.2 Å². The van der Waals surface area contributed by atoms with E-state index in [1.165, 1.54) is 10.6 Å². The van der Waals surface area contributed by atoms with Gasteiger partial charge >= 0.3 is 0 Å². The number of amides is 2. The van der Waals surface area contributed by atoms with Gasteiger partial charge in [-0.25, -0.2) is 8.42 Å². The molecule has 2 amide bonds. The Kier molecular flexibility index (Phi) is 11.4. The minimum Gasteiger partial charge on any atom is -0.352 e. The largest absolute Gasteiger partial charge is 0.352 e. The molecule has 1 atom stereocenters. The first kappa shape index (κ1) is 32.7. The molecule has 0 spiro atoms. The van der Waals surface area contributed by atoms with Crippen molar-refractivity contribution in [2.75, 3.05) is 17.1 Å². The normalized spacial score (nSPS) is 14.3. The number of aryl methyl sites for hydroxylation is 1. The Morgan fingerprint density at radius 1 is 0.930 bits per heavy atom. The molecule has 0 aliphatic heterocycles. The molecule has 1 unspecified atom stereocenters. The van der Waals surface area contributed by atoms with Gasteiger partial charge in [-0.05, 0) is 73.6 Å². The third kappa shape index (κ3) is 9.16. The van der Waals surface area contributed by atoms with Crippen LogP contribution in [0.15, 0.2) is 77.3 Å². The predicted octanol–water partition coefficient (Wildman–Crippen LogP) is 6.31. The number of hydrogen-bond acceptors (Lipinski definition) is 4. The van der Waals surface area contributed by atoms with E-state index in [1.807, 2.05) is 80.6 Å². The Morgan fingerprint density at radius 3 is 2.26 bits per heavy atom. The average Bonchev–Trinajstić information content (AvgIpc) is 3.48. The SMILES string of the molecule is Cc1cccc(N(CCCC(=O)N(Cc2ccc(Br)cc2)C(Cc2ccccc2)C(=O)NC2CCCC2)S(C)(=O)=O)c1C. The fourth-order valence-electron chi connectivity index (χ4n) is 5.70. The summed E-state index contributed by atoms with van der Waals surface area (Å²) in [5, 5.41) is 3.23. The number of rotatable bonds is 13. The lowest BCUT2D eigenvalue weighted by Crippen LogP contribution is -2.52. The molecule has 1 saturated carbocycles. The topological polar surface area (TPSA) is 86.8 Å². The maximum absolute atomic E-state index is 14.0. The summed E-state index contributed by atoms with van der Waals surface area (Å²) in [7, 11) is -3.57. The van der Waals surface area contributed by atoms with Crippen molar-refractivity contribution < 1.29 is 18.0 Å². The summed E-state index contributed by atoms with van der Waals surface area (Å²) < 4.78 is 27.9. The third-order valence-corrected chi connectivity index (χ3v) is 9.94. The second kappa shape index (κ2) is 15.0. The Bertz CT molecular complexity index is 1490. The van der Waals surface area contributed by atoms with Crippen LogP contribution in [-0.4, -0.2) is 50.0 Å². The van der Waals surface area contributed by atoms with Crippen molar-refractivity contribution in [3.63, 3.8) is 0 Å². The molecular formula is C34H42BrN3O4S. The molecule has 7 nitrogen and oxygen atoms in total. The number of benzene rings is 3. The summed E-state index contributed by atoms with van der Waals surface area (Å²) in [5.41, 5.74) is 4.40. The molecule has 1 fully saturated rings. The first-order chi connectivity index (χ1) is 20.5. The van der Waals surface area contributed by atoms with E-state index in [0.717, 1.165) is 52.4 Å². The van der Waals surface area contributed by atoms with Crippen LogP contribution in [0.2, 0.25) is 0 Å². The Balaban J connectivity index is 1.59.